The lowest BCUT2D eigenvalue weighted by molar-refractivity contribution is -0.384. The maximum Gasteiger partial charge on any atom is 0.269 e. The van der Waals surface area contributed by atoms with E-state index in [9.17, 15) is 14.9 Å². The van der Waals surface area contributed by atoms with Gasteiger partial charge in [0.05, 0.1) is 17.6 Å². The lowest BCUT2D eigenvalue weighted by atomic mass is 10.1. The van der Waals surface area contributed by atoms with Crippen LogP contribution < -0.4 is 10.2 Å². The van der Waals surface area contributed by atoms with Crippen LogP contribution in [0.1, 0.15) is 16.7 Å². The SMILES string of the molecule is O=C(Cc1ccc(Cl)cc1)N/N=C/c1ccccc1OCc1ccc([N+](=O)[O-])cc1. The first kappa shape index (κ1) is 21.0. The van der Waals surface area contributed by atoms with Crippen molar-refractivity contribution in [1.29, 1.82) is 0 Å². The smallest absolute Gasteiger partial charge is 0.269 e. The van der Waals surface area contributed by atoms with Gasteiger partial charge in [0, 0.05) is 22.7 Å². The third-order valence-corrected chi connectivity index (χ3v) is 4.38. The number of amides is 1. The van der Waals surface area contributed by atoms with Gasteiger partial charge >= 0.3 is 0 Å². The van der Waals surface area contributed by atoms with Gasteiger partial charge in [-0.3, -0.25) is 14.9 Å². The maximum atomic E-state index is 12.0. The van der Waals surface area contributed by atoms with E-state index in [0.29, 0.717) is 16.3 Å². The monoisotopic (exact) mass is 423 g/mol. The van der Waals surface area contributed by atoms with Gasteiger partial charge in [-0.1, -0.05) is 35.9 Å². The number of para-hydroxylation sites is 1. The van der Waals surface area contributed by atoms with E-state index in [4.69, 9.17) is 16.3 Å². The zero-order valence-corrected chi connectivity index (χ0v) is 16.6. The Morgan fingerprint density at radius 3 is 2.40 bits per heavy atom. The first-order chi connectivity index (χ1) is 14.5. The molecule has 0 aliphatic rings. The zero-order chi connectivity index (χ0) is 21.3. The minimum atomic E-state index is -0.447. The molecule has 0 heterocycles. The molecule has 0 radical (unpaired) electrons. The lowest BCUT2D eigenvalue weighted by Gasteiger charge is -2.09. The Morgan fingerprint density at radius 2 is 1.70 bits per heavy atom. The summed E-state index contributed by atoms with van der Waals surface area (Å²) in [5.74, 6) is 0.324. The highest BCUT2D eigenvalue weighted by molar-refractivity contribution is 6.30. The summed E-state index contributed by atoms with van der Waals surface area (Å²) in [5.41, 5.74) is 4.83. The van der Waals surface area contributed by atoms with E-state index < -0.39 is 4.92 Å². The van der Waals surface area contributed by atoms with Crippen molar-refractivity contribution < 1.29 is 14.5 Å². The number of non-ortho nitro benzene ring substituents is 1. The summed E-state index contributed by atoms with van der Waals surface area (Å²) in [6.45, 7) is 0.242. The highest BCUT2D eigenvalue weighted by Gasteiger charge is 2.06. The van der Waals surface area contributed by atoms with E-state index >= 15 is 0 Å². The van der Waals surface area contributed by atoms with Crippen molar-refractivity contribution in [2.45, 2.75) is 13.0 Å². The molecule has 0 aliphatic heterocycles. The fourth-order valence-electron chi connectivity index (χ4n) is 2.59. The van der Waals surface area contributed by atoms with Gasteiger partial charge < -0.3 is 4.74 Å². The van der Waals surface area contributed by atoms with Gasteiger partial charge in [0.2, 0.25) is 5.91 Å². The average molecular weight is 424 g/mol. The molecule has 3 aromatic carbocycles. The second kappa shape index (κ2) is 10.2. The number of rotatable bonds is 8. The first-order valence-corrected chi connectivity index (χ1v) is 9.40. The Morgan fingerprint density at radius 1 is 1.03 bits per heavy atom. The predicted molar refractivity (Wildman–Crippen MR) is 115 cm³/mol. The van der Waals surface area contributed by atoms with Crippen LogP contribution in [0.4, 0.5) is 5.69 Å². The van der Waals surface area contributed by atoms with Gasteiger partial charge in [-0.2, -0.15) is 5.10 Å². The van der Waals surface area contributed by atoms with Gasteiger partial charge in [0.1, 0.15) is 12.4 Å². The topological polar surface area (TPSA) is 93.8 Å². The normalized spacial score (nSPS) is 10.7. The number of carbonyl (C=O) groups excluding carboxylic acids is 1. The standard InChI is InChI=1S/C22H18ClN3O4/c23-19-9-5-16(6-10-19)13-22(27)25-24-14-18-3-1-2-4-21(18)30-15-17-7-11-20(12-8-17)26(28)29/h1-12,14H,13,15H2,(H,25,27)/b24-14+. The number of nitro benzene ring substituents is 1. The van der Waals surface area contributed by atoms with E-state index in [1.165, 1.54) is 18.3 Å². The number of benzene rings is 3. The largest absolute Gasteiger partial charge is 0.488 e. The number of hydrogen-bond acceptors (Lipinski definition) is 5. The molecule has 0 unspecified atom stereocenters. The highest BCUT2D eigenvalue weighted by Crippen LogP contribution is 2.19. The fourth-order valence-corrected chi connectivity index (χ4v) is 2.72. The molecule has 7 nitrogen and oxygen atoms in total. The summed E-state index contributed by atoms with van der Waals surface area (Å²) in [5, 5.41) is 15.3. The van der Waals surface area contributed by atoms with Crippen LogP contribution in [0.2, 0.25) is 5.02 Å². The van der Waals surface area contributed by atoms with Crippen molar-refractivity contribution >= 4 is 29.4 Å². The molecule has 30 heavy (non-hydrogen) atoms. The third kappa shape index (κ3) is 6.15. The second-order valence-electron chi connectivity index (χ2n) is 6.35. The quantitative estimate of drug-likeness (QED) is 0.327. The summed E-state index contributed by atoms with van der Waals surface area (Å²) in [6, 6.07) is 20.4. The predicted octanol–water partition coefficient (Wildman–Crippen LogP) is 4.52. The van der Waals surface area contributed by atoms with Gasteiger partial charge in [0.15, 0.2) is 0 Å². The van der Waals surface area contributed by atoms with Crippen LogP contribution >= 0.6 is 11.6 Å². The average Bonchev–Trinajstić information content (AvgIpc) is 2.75. The number of ether oxygens (including phenoxy) is 1. The Bertz CT molecular complexity index is 1050. The number of carbonyl (C=O) groups is 1. The molecular weight excluding hydrogens is 406 g/mol. The number of nitrogens with zero attached hydrogens (tertiary/aromatic N) is 2. The minimum absolute atomic E-state index is 0.0284. The lowest BCUT2D eigenvalue weighted by Crippen LogP contribution is -2.19. The number of nitrogens with one attached hydrogen (secondary N) is 1. The maximum absolute atomic E-state index is 12.0. The molecule has 3 aromatic rings. The van der Waals surface area contributed by atoms with E-state index in [1.807, 2.05) is 12.1 Å². The molecule has 8 heteroatoms. The van der Waals surface area contributed by atoms with Crippen molar-refractivity contribution in [3.8, 4) is 5.75 Å². The summed E-state index contributed by atoms with van der Waals surface area (Å²) >= 11 is 5.84. The van der Waals surface area contributed by atoms with E-state index in [1.54, 1.807) is 48.5 Å². The van der Waals surface area contributed by atoms with Crippen LogP contribution in [-0.4, -0.2) is 17.0 Å². The van der Waals surface area contributed by atoms with Gasteiger partial charge in [-0.05, 0) is 47.5 Å². The minimum Gasteiger partial charge on any atom is -0.488 e. The molecule has 1 N–H and O–H groups in total. The molecule has 0 atom stereocenters. The summed E-state index contributed by atoms with van der Waals surface area (Å²) < 4.78 is 5.80. The third-order valence-electron chi connectivity index (χ3n) is 4.13. The van der Waals surface area contributed by atoms with Crippen LogP contribution in [0.25, 0.3) is 0 Å². The Balaban J connectivity index is 1.57. The van der Waals surface area contributed by atoms with Crippen LogP contribution in [0.5, 0.6) is 5.75 Å². The van der Waals surface area contributed by atoms with Crippen molar-refractivity contribution in [2.75, 3.05) is 0 Å². The molecule has 0 aliphatic carbocycles. The van der Waals surface area contributed by atoms with Crippen molar-refractivity contribution in [3.05, 3.63) is 105 Å². The molecule has 1 amide bonds. The van der Waals surface area contributed by atoms with E-state index in [0.717, 1.165) is 11.1 Å². The molecule has 0 spiro atoms. The molecule has 0 saturated carbocycles. The number of nitro groups is 1. The van der Waals surface area contributed by atoms with Crippen LogP contribution in [-0.2, 0) is 17.8 Å². The molecule has 152 valence electrons. The molecule has 0 fully saturated rings. The summed E-state index contributed by atoms with van der Waals surface area (Å²) in [7, 11) is 0. The first-order valence-electron chi connectivity index (χ1n) is 9.03. The summed E-state index contributed by atoms with van der Waals surface area (Å²) in [4.78, 5) is 22.3. The molecule has 3 rings (SSSR count). The van der Waals surface area contributed by atoms with Gasteiger partial charge in [-0.15, -0.1) is 0 Å². The zero-order valence-electron chi connectivity index (χ0n) is 15.8. The molecule has 0 bridgehead atoms. The van der Waals surface area contributed by atoms with Crippen LogP contribution in [0.15, 0.2) is 77.9 Å². The highest BCUT2D eigenvalue weighted by atomic mass is 35.5. The Kier molecular flexibility index (Phi) is 7.13. The Labute approximate surface area is 178 Å². The molecular formula is C22H18ClN3O4. The number of halogens is 1. The van der Waals surface area contributed by atoms with E-state index in [-0.39, 0.29) is 24.6 Å². The number of hydrogen-bond donors (Lipinski definition) is 1. The van der Waals surface area contributed by atoms with E-state index in [2.05, 4.69) is 10.5 Å². The molecule has 0 saturated heterocycles. The van der Waals surface area contributed by atoms with Crippen molar-refractivity contribution in [2.24, 2.45) is 5.10 Å². The van der Waals surface area contributed by atoms with Gasteiger partial charge in [-0.25, -0.2) is 5.43 Å². The number of hydrazone groups is 1. The summed E-state index contributed by atoms with van der Waals surface area (Å²) in [6.07, 6.45) is 1.69. The molecule has 0 aromatic heterocycles. The Hall–Kier alpha value is -3.71. The van der Waals surface area contributed by atoms with Crippen LogP contribution in [0.3, 0.4) is 0 Å². The second-order valence-corrected chi connectivity index (χ2v) is 6.78. The fraction of sp³-hybridized carbons (Fsp3) is 0.0909. The van der Waals surface area contributed by atoms with Gasteiger partial charge in [0.25, 0.3) is 5.69 Å². The van der Waals surface area contributed by atoms with Crippen LogP contribution in [0, 0.1) is 10.1 Å². The van der Waals surface area contributed by atoms with Crippen molar-refractivity contribution in [1.82, 2.24) is 5.43 Å². The van der Waals surface area contributed by atoms with Crippen molar-refractivity contribution in [3.63, 3.8) is 0 Å².